The molecule has 0 bridgehead atoms. The van der Waals surface area contributed by atoms with Crippen molar-refractivity contribution in [2.75, 3.05) is 68.7 Å². The minimum absolute atomic E-state index is 0.165. The van der Waals surface area contributed by atoms with E-state index in [0.29, 0.717) is 47.4 Å². The first kappa shape index (κ1) is 58.6. The number of fused-ring (bicyclic) bond motifs is 2. The van der Waals surface area contributed by atoms with Crippen LogP contribution in [-0.4, -0.2) is 116 Å². The molecule has 9 rings (SSSR count). The number of sulfone groups is 2. The molecule has 6 aromatic rings. The van der Waals surface area contributed by atoms with Crippen LogP contribution in [0.3, 0.4) is 0 Å². The maximum absolute atomic E-state index is 13.0. The number of likely N-dealkylation sites (N-methyl/N-ethyl adjacent to an activating group) is 1. The van der Waals surface area contributed by atoms with Crippen molar-refractivity contribution in [1.29, 1.82) is 0 Å². The van der Waals surface area contributed by atoms with E-state index in [1.165, 1.54) is 29.2 Å². The number of hydrazone groups is 1. The highest BCUT2D eigenvalue weighted by Gasteiger charge is 2.37. The third kappa shape index (κ3) is 12.6. The fourth-order valence-electron chi connectivity index (χ4n) is 9.70. The summed E-state index contributed by atoms with van der Waals surface area (Å²) in [4.78, 5) is 32.9. The minimum Gasteiger partial charge on any atom is -0.495 e. The minimum atomic E-state index is -3.54. The van der Waals surface area contributed by atoms with Crippen molar-refractivity contribution in [3.63, 3.8) is 0 Å². The van der Waals surface area contributed by atoms with Crippen molar-refractivity contribution >= 4 is 101 Å². The van der Waals surface area contributed by atoms with Crippen LogP contribution in [0.1, 0.15) is 90.5 Å². The van der Waals surface area contributed by atoms with E-state index in [9.17, 15) is 21.6 Å². The van der Waals surface area contributed by atoms with Gasteiger partial charge in [0.05, 0.1) is 69.7 Å². The Morgan fingerprint density at radius 1 is 0.595 bits per heavy atom. The lowest BCUT2D eigenvalue weighted by Gasteiger charge is -2.37. The Balaban J connectivity index is 0.000000211. The molecule has 0 atom stereocenters. The number of ether oxygens (including phenoxy) is 2. The summed E-state index contributed by atoms with van der Waals surface area (Å²) in [5.74, 6) is 2.50. The van der Waals surface area contributed by atoms with Crippen LogP contribution in [-0.2, 0) is 48.1 Å². The topological polar surface area (TPSA) is 222 Å². The van der Waals surface area contributed by atoms with Gasteiger partial charge in [0.2, 0.25) is 11.9 Å². The van der Waals surface area contributed by atoms with Crippen LogP contribution < -0.4 is 30.7 Å². The number of benzene rings is 4. The van der Waals surface area contributed by atoms with Gasteiger partial charge in [-0.2, -0.15) is 15.1 Å². The number of Topliss-reactive ketones (excluding diaryl/α,β-unsaturated/α-hetero) is 1. The molecule has 0 unspecified atom stereocenters. The summed E-state index contributed by atoms with van der Waals surface area (Å²) >= 11 is 12.8. The maximum Gasteiger partial charge on any atom is 0.229 e. The van der Waals surface area contributed by atoms with Crippen molar-refractivity contribution < 1.29 is 31.1 Å². The molecule has 18 nitrogen and oxygen atoms in total. The molecule has 0 amide bonds. The number of rotatable bonds is 15. The molecule has 0 spiro atoms. The zero-order chi connectivity index (χ0) is 57.2. The summed E-state index contributed by atoms with van der Waals surface area (Å²) in [6, 6.07) is 21.4. The lowest BCUT2D eigenvalue weighted by Crippen LogP contribution is -2.44. The fourth-order valence-corrected chi connectivity index (χ4v) is 12.4. The highest BCUT2D eigenvalue weighted by molar-refractivity contribution is 7.92. The first-order valence-corrected chi connectivity index (χ1v) is 30.0. The molecule has 4 aromatic carbocycles. The number of anilines is 8. The molecule has 2 aliphatic carbocycles. The van der Waals surface area contributed by atoms with E-state index in [0.717, 1.165) is 55.8 Å². The number of nitrogens with one attached hydrogen (secondary N) is 4. The monoisotopic (exact) mass is 1150 g/mol. The number of carbonyl (C=O) groups is 1. The van der Waals surface area contributed by atoms with Crippen LogP contribution in [0.15, 0.2) is 100 Å². The Hall–Kier alpha value is -6.58. The van der Waals surface area contributed by atoms with Crippen LogP contribution in [0.2, 0.25) is 10.0 Å². The zero-order valence-electron chi connectivity index (χ0n) is 46.5. The van der Waals surface area contributed by atoms with E-state index in [4.69, 9.17) is 37.8 Å². The Labute approximate surface area is 474 Å². The standard InChI is InChI=1S/C31H40ClN7O3S.C26H29ClN4O4S/c1-20(2)43(40,41)27-10-8-7-9-24(27)34-29-23(32)19-33-30(36-29)35-25-17-21-11-12-28(37-39-15-13-38(5)14-16-39)31(3,4)22(21)18-26(25)42-6;1-15(2)36(33,34)22-9-7-6-8-19(22)29-24-18(27)14-28-25(31-24)30-20-12-16-10-11-23(32)26(3,4)17(16)13-21(20)35-5/h7-10,17-20H,11-16H2,1-6H3,(H2,33,34,35,36);6-9,12-15H,10-11H2,1-5H3,(H2,28,29,30,31)/b37-28+;. The highest BCUT2D eigenvalue weighted by Crippen LogP contribution is 2.43. The smallest absolute Gasteiger partial charge is 0.229 e. The van der Waals surface area contributed by atoms with Crippen molar-refractivity contribution in [2.45, 2.75) is 112 Å². The fraction of sp³-hybridized carbons (Fsp3) is 0.404. The highest BCUT2D eigenvalue weighted by atomic mass is 35.5. The number of piperazine rings is 1. The first-order chi connectivity index (χ1) is 37.3. The molecule has 3 aliphatic rings. The Bertz CT molecular complexity index is 3530. The Morgan fingerprint density at radius 2 is 1.03 bits per heavy atom. The van der Waals surface area contributed by atoms with Crippen LogP contribution >= 0.6 is 23.2 Å². The quantitative estimate of drug-likeness (QED) is 0.0750. The van der Waals surface area contributed by atoms with E-state index in [1.54, 1.807) is 90.4 Å². The first-order valence-electron chi connectivity index (χ1n) is 26.1. The average Bonchev–Trinajstić information content (AvgIpc) is 3.56. The SMILES string of the molecule is COc1cc2c(cc1Nc1ncc(Cl)c(Nc3ccccc3S(=O)(=O)C(C)C)n1)CC/C(=N\N1CCN(C)CC1)C2(C)C.COc1cc2c(cc1Nc1ncc(Cl)c(Nc3ccccc3S(=O)(=O)C(C)C)n1)CCC(=O)C2(C)C. The Kier molecular flexibility index (Phi) is 17.5. The molecule has 4 N–H and O–H groups in total. The van der Waals surface area contributed by atoms with Crippen molar-refractivity contribution in [2.24, 2.45) is 5.10 Å². The van der Waals surface area contributed by atoms with Crippen molar-refractivity contribution in [3.8, 4) is 11.5 Å². The Morgan fingerprint density at radius 3 is 1.47 bits per heavy atom. The number of nitrogens with zero attached hydrogens (tertiary/aromatic N) is 7. The number of hydrogen-bond donors (Lipinski definition) is 4. The predicted molar refractivity (Wildman–Crippen MR) is 315 cm³/mol. The average molecular weight is 1160 g/mol. The molecular weight excluding hydrogens is 1090 g/mol. The van der Waals surface area contributed by atoms with E-state index in [2.05, 4.69) is 84.1 Å². The second-order valence-corrected chi connectivity index (χ2v) is 27.1. The molecule has 1 saturated heterocycles. The van der Waals surface area contributed by atoms with Gasteiger partial charge in [-0.1, -0.05) is 61.3 Å². The van der Waals surface area contributed by atoms with E-state index in [-0.39, 0.29) is 48.6 Å². The number of para-hydroxylation sites is 2. The largest absolute Gasteiger partial charge is 0.495 e. The van der Waals surface area contributed by atoms with Crippen LogP contribution in [0.4, 0.5) is 46.3 Å². The summed E-state index contributed by atoms with van der Waals surface area (Å²) in [7, 11) is -1.72. The van der Waals surface area contributed by atoms with Crippen LogP contribution in [0.5, 0.6) is 11.5 Å². The number of halogens is 2. The van der Waals surface area contributed by atoms with Gasteiger partial charge < -0.3 is 35.6 Å². The summed E-state index contributed by atoms with van der Waals surface area (Å²) in [6.45, 7) is 18.8. The predicted octanol–water partition coefficient (Wildman–Crippen LogP) is 11.2. The van der Waals surface area contributed by atoms with Crippen molar-refractivity contribution in [3.05, 3.63) is 117 Å². The van der Waals surface area contributed by atoms with Gasteiger partial charge >= 0.3 is 0 Å². The van der Waals surface area contributed by atoms with Gasteiger partial charge in [-0.05, 0) is 139 Å². The third-order valence-electron chi connectivity index (χ3n) is 14.7. The van der Waals surface area contributed by atoms with E-state index in [1.807, 2.05) is 26.0 Å². The lowest BCUT2D eigenvalue weighted by atomic mass is 9.71. The molecule has 2 aromatic heterocycles. The molecule has 0 radical (unpaired) electrons. The van der Waals surface area contributed by atoms with E-state index < -0.39 is 35.6 Å². The third-order valence-corrected chi connectivity index (χ3v) is 19.7. The van der Waals surface area contributed by atoms with Crippen LogP contribution in [0.25, 0.3) is 0 Å². The zero-order valence-corrected chi connectivity index (χ0v) is 49.6. The van der Waals surface area contributed by atoms with Crippen molar-refractivity contribution in [1.82, 2.24) is 29.8 Å². The van der Waals surface area contributed by atoms with Gasteiger partial charge in [0.1, 0.15) is 27.3 Å². The number of methoxy groups -OCH3 is 2. The second-order valence-electron chi connectivity index (χ2n) is 21.4. The normalized spacial score (nSPS) is 16.6. The van der Waals surface area contributed by atoms with Gasteiger partial charge in [0.15, 0.2) is 31.3 Å². The summed E-state index contributed by atoms with van der Waals surface area (Å²) in [6.07, 6.45) is 5.78. The molecule has 1 fully saturated rings. The number of ketones is 1. The van der Waals surface area contributed by atoms with Gasteiger partial charge in [-0.15, -0.1) is 0 Å². The van der Waals surface area contributed by atoms with Gasteiger partial charge in [-0.25, -0.2) is 26.8 Å². The molecule has 1 aliphatic heterocycles. The maximum atomic E-state index is 13.0. The summed E-state index contributed by atoms with van der Waals surface area (Å²) in [5, 5.41) is 19.3. The molecule has 3 heterocycles. The number of aromatic nitrogens is 4. The summed E-state index contributed by atoms with van der Waals surface area (Å²) < 4.78 is 63.0. The number of hydrogen-bond acceptors (Lipinski definition) is 18. The van der Waals surface area contributed by atoms with Gasteiger partial charge in [-0.3, -0.25) is 9.80 Å². The summed E-state index contributed by atoms with van der Waals surface area (Å²) in [5.41, 5.74) is 6.90. The van der Waals surface area contributed by atoms with Gasteiger partial charge in [0.25, 0.3) is 0 Å². The molecule has 420 valence electrons. The molecule has 0 saturated carbocycles. The number of aryl methyl sites for hydroxylation is 2. The lowest BCUT2D eigenvalue weighted by molar-refractivity contribution is -0.124. The van der Waals surface area contributed by atoms with Gasteiger partial charge in [0, 0.05) is 49.1 Å². The molecular formula is C57H69Cl2N11O7S2. The molecule has 79 heavy (non-hydrogen) atoms. The number of carbonyl (C=O) groups excluding carboxylic acids is 1. The molecule has 22 heteroatoms. The van der Waals surface area contributed by atoms with E-state index >= 15 is 0 Å². The second kappa shape index (κ2) is 23.6. The van der Waals surface area contributed by atoms with Crippen LogP contribution in [0, 0.1) is 0 Å².